The van der Waals surface area contributed by atoms with Crippen LogP contribution in [0, 0.1) is 11.8 Å². The molecule has 0 aliphatic heterocycles. The molecule has 0 unspecified atom stereocenters. The fourth-order valence-electron chi connectivity index (χ4n) is 6.61. The maximum absolute atomic E-state index is 14.2. The molecule has 2 aromatic rings. The summed E-state index contributed by atoms with van der Waals surface area (Å²) < 4.78 is 16.4. The predicted octanol–water partition coefficient (Wildman–Crippen LogP) is 8.32. The van der Waals surface area contributed by atoms with Gasteiger partial charge in [0, 0.05) is 36.8 Å². The van der Waals surface area contributed by atoms with E-state index in [4.69, 9.17) is 14.2 Å². The van der Waals surface area contributed by atoms with Crippen LogP contribution in [0.15, 0.2) is 48.5 Å². The van der Waals surface area contributed by atoms with Crippen molar-refractivity contribution in [1.82, 2.24) is 16.0 Å². The first-order chi connectivity index (χ1) is 27.7. The van der Waals surface area contributed by atoms with Crippen LogP contribution in [0.3, 0.4) is 0 Å². The van der Waals surface area contributed by atoms with E-state index in [0.29, 0.717) is 12.0 Å². The van der Waals surface area contributed by atoms with Gasteiger partial charge in [-0.15, -0.1) is 0 Å². The minimum atomic E-state index is -1.18. The second kappa shape index (κ2) is 24.5. The number of Topliss-reactive ketones (excluding diaryl/α,β-unsaturated/α-hetero) is 2. The number of nitrogens with one attached hydrogen (secondary N) is 3. The van der Waals surface area contributed by atoms with Crippen molar-refractivity contribution in [2.24, 2.45) is 11.8 Å². The van der Waals surface area contributed by atoms with Crippen LogP contribution < -0.4 is 16.0 Å². The Labute approximate surface area is 352 Å². The van der Waals surface area contributed by atoms with E-state index < -0.39 is 70.9 Å². The first kappa shape index (κ1) is 50.6. The number of rotatable bonds is 24. The Balaban J connectivity index is 2.33. The molecule has 59 heavy (non-hydrogen) atoms. The second-order valence-electron chi connectivity index (χ2n) is 17.5. The number of carbonyl (C=O) groups is 6. The number of alkyl carbamates (subject to hydrolysis) is 1. The minimum absolute atomic E-state index is 0.0248. The van der Waals surface area contributed by atoms with E-state index in [1.54, 1.807) is 46.8 Å². The van der Waals surface area contributed by atoms with Crippen LogP contribution in [0.1, 0.15) is 143 Å². The molecule has 0 aromatic heterocycles. The van der Waals surface area contributed by atoms with E-state index in [1.807, 2.05) is 39.8 Å². The molecule has 2 aromatic carbocycles. The van der Waals surface area contributed by atoms with Crippen molar-refractivity contribution in [1.29, 1.82) is 0 Å². The second-order valence-corrected chi connectivity index (χ2v) is 17.5. The normalized spacial score (nSPS) is 14.2. The van der Waals surface area contributed by atoms with Crippen LogP contribution in [-0.2, 0) is 39.8 Å². The summed E-state index contributed by atoms with van der Waals surface area (Å²) in [5.74, 6) is -4.17. The number of aryl methyl sites for hydroxylation is 1. The predicted molar refractivity (Wildman–Crippen MR) is 231 cm³/mol. The third kappa shape index (κ3) is 18.9. The van der Waals surface area contributed by atoms with E-state index in [9.17, 15) is 28.8 Å². The lowest BCUT2D eigenvalue weighted by atomic mass is 9.91. The molecule has 12 heteroatoms. The highest BCUT2D eigenvalue weighted by Crippen LogP contribution is 2.24. The number of ether oxygens (including phenoxy) is 3. The van der Waals surface area contributed by atoms with E-state index in [2.05, 4.69) is 47.1 Å². The molecule has 0 saturated carbocycles. The molecular weight excluding hydrogens is 751 g/mol. The SMILES string of the molecule is CCCCC[C@H](NC(=O)[C@H](C)CC(=O)[C@@H](NC(=O)[C@H](CCNC(=O)OC(C)(C)C)CC(=O)c1ccc(-c2ccc(CCCC)cc2)cc1)[C@@H](C)OC(C)(C)C)C(=O)OC. The highest BCUT2D eigenvalue weighted by molar-refractivity contribution is 6.00. The van der Waals surface area contributed by atoms with Gasteiger partial charge in [0.25, 0.3) is 0 Å². The molecule has 3 amide bonds. The summed E-state index contributed by atoms with van der Waals surface area (Å²) in [4.78, 5) is 80.2. The number of amides is 3. The molecule has 0 aliphatic carbocycles. The van der Waals surface area contributed by atoms with Crippen LogP contribution in [0.5, 0.6) is 0 Å². The number of ketones is 2. The van der Waals surface area contributed by atoms with E-state index in [1.165, 1.54) is 12.7 Å². The van der Waals surface area contributed by atoms with Gasteiger partial charge in [0.2, 0.25) is 11.8 Å². The van der Waals surface area contributed by atoms with Gasteiger partial charge >= 0.3 is 12.1 Å². The summed E-state index contributed by atoms with van der Waals surface area (Å²) in [6, 6.07) is 13.6. The molecule has 0 spiro atoms. The maximum Gasteiger partial charge on any atom is 0.407 e. The maximum atomic E-state index is 14.2. The van der Waals surface area contributed by atoms with Crippen molar-refractivity contribution < 1.29 is 43.0 Å². The molecule has 5 atom stereocenters. The molecule has 2 rings (SSSR count). The Morgan fingerprint density at radius 2 is 1.29 bits per heavy atom. The van der Waals surface area contributed by atoms with Crippen molar-refractivity contribution in [3.05, 3.63) is 59.7 Å². The fraction of sp³-hybridized carbons (Fsp3) is 0.617. The lowest BCUT2D eigenvalue weighted by molar-refractivity contribution is -0.146. The molecule has 12 nitrogen and oxygen atoms in total. The lowest BCUT2D eigenvalue weighted by Crippen LogP contribution is -2.53. The summed E-state index contributed by atoms with van der Waals surface area (Å²) in [6.07, 6.45) is 4.36. The topological polar surface area (TPSA) is 166 Å². The Morgan fingerprint density at radius 1 is 0.695 bits per heavy atom. The zero-order valence-electron chi connectivity index (χ0n) is 37.5. The highest BCUT2D eigenvalue weighted by Gasteiger charge is 2.35. The van der Waals surface area contributed by atoms with Crippen LogP contribution in [0.2, 0.25) is 0 Å². The molecule has 0 bridgehead atoms. The Bertz CT molecular complexity index is 1660. The Morgan fingerprint density at radius 3 is 1.83 bits per heavy atom. The minimum Gasteiger partial charge on any atom is -0.467 e. The van der Waals surface area contributed by atoms with E-state index >= 15 is 0 Å². The quantitative estimate of drug-likeness (QED) is 0.0536. The van der Waals surface area contributed by atoms with Gasteiger partial charge in [0.05, 0.1) is 18.8 Å². The molecule has 0 fully saturated rings. The smallest absolute Gasteiger partial charge is 0.407 e. The van der Waals surface area contributed by atoms with Gasteiger partial charge in [-0.3, -0.25) is 19.2 Å². The van der Waals surface area contributed by atoms with Crippen molar-refractivity contribution in [2.75, 3.05) is 13.7 Å². The first-order valence-corrected chi connectivity index (χ1v) is 21.3. The van der Waals surface area contributed by atoms with Gasteiger partial charge in [-0.05, 0) is 90.8 Å². The third-order valence-corrected chi connectivity index (χ3v) is 9.78. The average molecular weight is 822 g/mol. The van der Waals surface area contributed by atoms with Crippen LogP contribution in [0.25, 0.3) is 11.1 Å². The van der Waals surface area contributed by atoms with Gasteiger partial charge in [-0.2, -0.15) is 0 Å². The molecule has 0 radical (unpaired) electrons. The molecule has 0 aliphatic rings. The van der Waals surface area contributed by atoms with E-state index in [-0.39, 0.29) is 31.6 Å². The molecular formula is C47H71N3O9. The van der Waals surface area contributed by atoms with Crippen LogP contribution in [-0.4, -0.2) is 78.5 Å². The molecule has 0 saturated heterocycles. The molecule has 3 N–H and O–H groups in total. The van der Waals surface area contributed by atoms with Crippen LogP contribution >= 0.6 is 0 Å². The largest absolute Gasteiger partial charge is 0.467 e. The summed E-state index contributed by atoms with van der Waals surface area (Å²) in [7, 11) is 1.26. The van der Waals surface area contributed by atoms with Gasteiger partial charge < -0.3 is 30.2 Å². The standard InChI is InChI=1S/C47H71N3O9/c1-12-14-16-18-38(44(55)57-11)49-42(53)31(3)29-40(52)41(32(4)58-46(5,6)7)50-43(54)37(27-28-48-45(56)59-47(8,9)10)30-39(51)36-25-23-35(24-26-36)34-21-19-33(20-22-34)17-15-13-2/h19-26,31-32,37-38,41H,12-18,27-30H2,1-11H3,(H,48,56)(H,49,53)(H,50,54)/t31-,32-,37-,38+,41+/m1/s1. The monoisotopic (exact) mass is 822 g/mol. The van der Waals surface area contributed by atoms with Gasteiger partial charge in [0.15, 0.2) is 11.6 Å². The van der Waals surface area contributed by atoms with Gasteiger partial charge in [-0.1, -0.05) is 95.0 Å². The van der Waals surface area contributed by atoms with Crippen molar-refractivity contribution in [3.8, 4) is 11.1 Å². The summed E-state index contributed by atoms with van der Waals surface area (Å²) >= 11 is 0. The Kier molecular flexibility index (Phi) is 21.0. The number of methoxy groups -OCH3 is 1. The molecule has 328 valence electrons. The number of esters is 1. The average Bonchev–Trinajstić information content (AvgIpc) is 3.16. The van der Waals surface area contributed by atoms with Crippen LogP contribution in [0.4, 0.5) is 4.79 Å². The number of unbranched alkanes of at least 4 members (excludes halogenated alkanes) is 3. The lowest BCUT2D eigenvalue weighted by Gasteiger charge is -2.32. The number of benzene rings is 2. The first-order valence-electron chi connectivity index (χ1n) is 21.3. The number of hydrogen-bond donors (Lipinski definition) is 3. The highest BCUT2D eigenvalue weighted by atomic mass is 16.6. The van der Waals surface area contributed by atoms with Gasteiger partial charge in [0.1, 0.15) is 17.7 Å². The van der Waals surface area contributed by atoms with Crippen molar-refractivity contribution >= 4 is 35.4 Å². The summed E-state index contributed by atoms with van der Waals surface area (Å²) in [5, 5.41) is 8.26. The Hall–Kier alpha value is -4.58. The number of carbonyl (C=O) groups excluding carboxylic acids is 6. The zero-order valence-corrected chi connectivity index (χ0v) is 37.5. The number of hydrogen-bond acceptors (Lipinski definition) is 9. The molecule has 0 heterocycles. The van der Waals surface area contributed by atoms with Gasteiger partial charge in [-0.25, -0.2) is 9.59 Å². The summed E-state index contributed by atoms with van der Waals surface area (Å²) in [5.41, 5.74) is 2.25. The van der Waals surface area contributed by atoms with E-state index in [0.717, 1.165) is 49.7 Å². The van der Waals surface area contributed by atoms with Crippen molar-refractivity contribution in [3.63, 3.8) is 0 Å². The third-order valence-electron chi connectivity index (χ3n) is 9.78. The fourth-order valence-corrected chi connectivity index (χ4v) is 6.61. The summed E-state index contributed by atoms with van der Waals surface area (Å²) in [6.45, 7) is 18.2. The van der Waals surface area contributed by atoms with Crippen molar-refractivity contribution in [2.45, 2.75) is 163 Å². The zero-order chi connectivity index (χ0) is 44.3.